The first kappa shape index (κ1) is 8.78. The van der Waals surface area contributed by atoms with Gasteiger partial charge < -0.3 is 5.73 Å². The highest BCUT2D eigenvalue weighted by molar-refractivity contribution is 5.47. The van der Waals surface area contributed by atoms with Crippen LogP contribution >= 0.6 is 0 Å². The molecule has 2 heteroatoms. The van der Waals surface area contributed by atoms with Crippen molar-refractivity contribution in [2.24, 2.45) is 11.7 Å². The Morgan fingerprint density at radius 2 is 2.25 bits per heavy atom. The van der Waals surface area contributed by atoms with E-state index in [4.69, 9.17) is 5.73 Å². The molecular weight excluding hydrogens is 148 g/mol. The molecule has 1 rings (SSSR count). The molecule has 0 spiro atoms. The van der Waals surface area contributed by atoms with Crippen LogP contribution in [0.5, 0.6) is 0 Å². The number of allylic oxidation sites excluding steroid dienone is 1. The summed E-state index contributed by atoms with van der Waals surface area (Å²) in [6, 6.07) is 5.78. The van der Waals surface area contributed by atoms with Gasteiger partial charge in [-0.1, -0.05) is 19.9 Å². The average Bonchev–Trinajstić information content (AvgIpc) is 2.06. The molecule has 0 bridgehead atoms. The van der Waals surface area contributed by atoms with Gasteiger partial charge >= 0.3 is 0 Å². The number of pyridine rings is 1. The summed E-state index contributed by atoms with van der Waals surface area (Å²) in [5, 5.41) is 0. The summed E-state index contributed by atoms with van der Waals surface area (Å²) in [5.41, 5.74) is 7.56. The molecule has 0 atom stereocenters. The minimum Gasteiger partial charge on any atom is -0.402 e. The summed E-state index contributed by atoms with van der Waals surface area (Å²) in [7, 11) is 0. The monoisotopic (exact) mass is 162 g/mol. The highest BCUT2D eigenvalue weighted by atomic mass is 14.7. The summed E-state index contributed by atoms with van der Waals surface area (Å²) in [4.78, 5) is 4.14. The molecule has 0 radical (unpaired) electrons. The molecule has 0 aliphatic heterocycles. The second kappa shape index (κ2) is 3.90. The molecule has 1 heterocycles. The van der Waals surface area contributed by atoms with Gasteiger partial charge in [-0.3, -0.25) is 4.98 Å². The Morgan fingerprint density at radius 1 is 1.50 bits per heavy atom. The zero-order chi connectivity index (χ0) is 8.97. The molecule has 1 aromatic rings. The summed E-state index contributed by atoms with van der Waals surface area (Å²) in [5.74, 6) is 0.381. The molecule has 0 aliphatic carbocycles. The standard InChI is InChI=1S/C10H14N2/c1-8(2)10(11)7-9-5-3-4-6-12-9/h3-8H,11H2,1-2H3/b10-7-. The summed E-state index contributed by atoms with van der Waals surface area (Å²) in [6.07, 6.45) is 3.67. The molecule has 64 valence electrons. The van der Waals surface area contributed by atoms with E-state index < -0.39 is 0 Å². The van der Waals surface area contributed by atoms with Crippen molar-refractivity contribution in [3.8, 4) is 0 Å². The van der Waals surface area contributed by atoms with Crippen molar-refractivity contribution in [3.05, 3.63) is 35.8 Å². The van der Waals surface area contributed by atoms with E-state index in [1.807, 2.05) is 24.3 Å². The van der Waals surface area contributed by atoms with Crippen LogP contribution in [0.2, 0.25) is 0 Å². The van der Waals surface area contributed by atoms with E-state index in [9.17, 15) is 0 Å². The van der Waals surface area contributed by atoms with E-state index in [0.717, 1.165) is 11.4 Å². The minimum atomic E-state index is 0.381. The van der Waals surface area contributed by atoms with Gasteiger partial charge in [-0.2, -0.15) is 0 Å². The number of hydrogen-bond acceptors (Lipinski definition) is 2. The minimum absolute atomic E-state index is 0.381. The van der Waals surface area contributed by atoms with E-state index in [2.05, 4.69) is 18.8 Å². The Kier molecular flexibility index (Phi) is 2.86. The van der Waals surface area contributed by atoms with Gasteiger partial charge in [0.2, 0.25) is 0 Å². The van der Waals surface area contributed by atoms with Crippen molar-refractivity contribution < 1.29 is 0 Å². The summed E-state index contributed by atoms with van der Waals surface area (Å²) < 4.78 is 0. The number of nitrogens with two attached hydrogens (primary N) is 1. The Hall–Kier alpha value is -1.31. The highest BCUT2D eigenvalue weighted by Gasteiger charge is 1.96. The van der Waals surface area contributed by atoms with Crippen LogP contribution in [-0.2, 0) is 0 Å². The Morgan fingerprint density at radius 3 is 2.75 bits per heavy atom. The number of rotatable bonds is 2. The van der Waals surface area contributed by atoms with Crippen molar-refractivity contribution in [1.29, 1.82) is 0 Å². The lowest BCUT2D eigenvalue weighted by Crippen LogP contribution is -2.04. The third-order valence-corrected chi connectivity index (χ3v) is 1.67. The van der Waals surface area contributed by atoms with Crippen LogP contribution < -0.4 is 5.73 Å². The second-order valence-electron chi connectivity index (χ2n) is 3.05. The van der Waals surface area contributed by atoms with Crippen LogP contribution in [0.25, 0.3) is 6.08 Å². The Labute approximate surface area is 73.1 Å². The summed E-state index contributed by atoms with van der Waals surface area (Å²) in [6.45, 7) is 4.13. The fourth-order valence-corrected chi connectivity index (χ4v) is 0.799. The Bertz CT molecular complexity index is 262. The van der Waals surface area contributed by atoms with Gasteiger partial charge in [0, 0.05) is 11.9 Å². The normalized spacial score (nSPS) is 12.1. The maximum Gasteiger partial charge on any atom is 0.0646 e. The third-order valence-electron chi connectivity index (χ3n) is 1.67. The smallest absolute Gasteiger partial charge is 0.0646 e. The molecule has 0 aliphatic rings. The van der Waals surface area contributed by atoms with Gasteiger partial charge in [-0.25, -0.2) is 0 Å². The first-order valence-electron chi connectivity index (χ1n) is 4.08. The maximum absolute atomic E-state index is 5.77. The zero-order valence-corrected chi connectivity index (χ0v) is 7.49. The van der Waals surface area contributed by atoms with Gasteiger partial charge in [0.1, 0.15) is 0 Å². The SMILES string of the molecule is CC(C)/C(N)=C/c1ccccn1. The van der Waals surface area contributed by atoms with Crippen molar-refractivity contribution in [2.45, 2.75) is 13.8 Å². The van der Waals surface area contributed by atoms with E-state index >= 15 is 0 Å². The first-order valence-corrected chi connectivity index (χ1v) is 4.08. The lowest BCUT2D eigenvalue weighted by atomic mass is 10.1. The first-order chi connectivity index (χ1) is 5.70. The van der Waals surface area contributed by atoms with Crippen LogP contribution in [0.1, 0.15) is 19.5 Å². The van der Waals surface area contributed by atoms with Crippen molar-refractivity contribution >= 4 is 6.08 Å². The van der Waals surface area contributed by atoms with E-state index in [-0.39, 0.29) is 0 Å². The molecule has 0 aromatic carbocycles. The lowest BCUT2D eigenvalue weighted by molar-refractivity contribution is 0.763. The largest absolute Gasteiger partial charge is 0.402 e. The van der Waals surface area contributed by atoms with Crippen molar-refractivity contribution in [2.75, 3.05) is 0 Å². The van der Waals surface area contributed by atoms with Crippen LogP contribution in [0.15, 0.2) is 30.1 Å². The molecule has 0 amide bonds. The van der Waals surface area contributed by atoms with Gasteiger partial charge in [-0.15, -0.1) is 0 Å². The van der Waals surface area contributed by atoms with Gasteiger partial charge in [0.25, 0.3) is 0 Å². The topological polar surface area (TPSA) is 38.9 Å². The van der Waals surface area contributed by atoms with Crippen LogP contribution in [0.3, 0.4) is 0 Å². The van der Waals surface area contributed by atoms with Crippen LogP contribution in [0.4, 0.5) is 0 Å². The third kappa shape index (κ3) is 2.38. The van der Waals surface area contributed by atoms with Crippen LogP contribution in [0, 0.1) is 5.92 Å². The quantitative estimate of drug-likeness (QED) is 0.722. The predicted octanol–water partition coefficient (Wildman–Crippen LogP) is 2.04. The highest BCUT2D eigenvalue weighted by Crippen LogP contribution is 2.06. The number of hydrogen-bond donors (Lipinski definition) is 1. The lowest BCUT2D eigenvalue weighted by Gasteiger charge is -2.03. The second-order valence-corrected chi connectivity index (χ2v) is 3.05. The van der Waals surface area contributed by atoms with E-state index in [0.29, 0.717) is 5.92 Å². The summed E-state index contributed by atoms with van der Waals surface area (Å²) >= 11 is 0. The zero-order valence-electron chi connectivity index (χ0n) is 7.49. The van der Waals surface area contributed by atoms with Gasteiger partial charge in [0.05, 0.1) is 5.69 Å². The molecule has 2 nitrogen and oxygen atoms in total. The van der Waals surface area contributed by atoms with Crippen molar-refractivity contribution in [1.82, 2.24) is 4.98 Å². The van der Waals surface area contributed by atoms with E-state index in [1.165, 1.54) is 0 Å². The fraction of sp³-hybridized carbons (Fsp3) is 0.300. The Balaban J connectivity index is 2.81. The van der Waals surface area contributed by atoms with Gasteiger partial charge in [-0.05, 0) is 24.1 Å². The predicted molar refractivity (Wildman–Crippen MR) is 51.2 cm³/mol. The molecule has 1 aromatic heterocycles. The number of nitrogens with zero attached hydrogens (tertiary/aromatic N) is 1. The van der Waals surface area contributed by atoms with Gasteiger partial charge in [0.15, 0.2) is 0 Å². The molecular formula is C10H14N2. The maximum atomic E-state index is 5.77. The molecule has 12 heavy (non-hydrogen) atoms. The number of aromatic nitrogens is 1. The molecule has 0 saturated heterocycles. The molecule has 0 unspecified atom stereocenters. The fourth-order valence-electron chi connectivity index (χ4n) is 0.799. The van der Waals surface area contributed by atoms with Crippen molar-refractivity contribution in [3.63, 3.8) is 0 Å². The molecule has 2 N–H and O–H groups in total. The van der Waals surface area contributed by atoms with E-state index in [1.54, 1.807) is 6.20 Å². The average molecular weight is 162 g/mol. The molecule has 0 fully saturated rings. The van der Waals surface area contributed by atoms with Crippen LogP contribution in [-0.4, -0.2) is 4.98 Å². The molecule has 0 saturated carbocycles.